The molecule has 1 unspecified atom stereocenters. The highest BCUT2D eigenvalue weighted by Crippen LogP contribution is 2.13. The van der Waals surface area contributed by atoms with Crippen molar-refractivity contribution in [1.82, 2.24) is 4.90 Å². The van der Waals surface area contributed by atoms with Crippen LogP contribution in [0.1, 0.15) is 44.9 Å². The molecule has 2 aliphatic heterocycles. The maximum atomic E-state index is 11.7. The van der Waals surface area contributed by atoms with Gasteiger partial charge in [-0.25, -0.2) is 0 Å². The van der Waals surface area contributed by atoms with Gasteiger partial charge in [-0.05, 0) is 32.1 Å². The molecule has 0 aromatic heterocycles. The van der Waals surface area contributed by atoms with Gasteiger partial charge in [0.15, 0.2) is 0 Å². The second-order valence-electron chi connectivity index (χ2n) is 5.30. The van der Waals surface area contributed by atoms with Crippen molar-refractivity contribution in [2.75, 3.05) is 26.3 Å². The second kappa shape index (κ2) is 7.48. The first-order valence-corrected chi connectivity index (χ1v) is 7.31. The molecule has 2 fully saturated rings. The molecule has 0 aromatic carbocycles. The van der Waals surface area contributed by atoms with E-state index in [2.05, 4.69) is 0 Å². The Morgan fingerprint density at radius 1 is 1.26 bits per heavy atom. The van der Waals surface area contributed by atoms with Gasteiger partial charge in [0.25, 0.3) is 0 Å². The van der Waals surface area contributed by atoms with E-state index in [1.165, 1.54) is 0 Å². The predicted octanol–water partition coefficient (Wildman–Crippen LogP) is 1.50. The largest absolute Gasteiger partial charge is 0.462 e. The van der Waals surface area contributed by atoms with Crippen molar-refractivity contribution in [2.45, 2.75) is 51.0 Å². The normalized spacial score (nSPS) is 24.9. The Labute approximate surface area is 114 Å². The lowest BCUT2D eigenvalue weighted by Gasteiger charge is -2.23. The van der Waals surface area contributed by atoms with Crippen LogP contribution < -0.4 is 0 Å². The Balaban J connectivity index is 1.69. The van der Waals surface area contributed by atoms with Crippen LogP contribution in [0, 0.1) is 0 Å². The average Bonchev–Trinajstić information content (AvgIpc) is 2.63. The summed E-state index contributed by atoms with van der Waals surface area (Å²) in [5, 5.41) is 0. The Hall–Kier alpha value is -1.10. The van der Waals surface area contributed by atoms with Gasteiger partial charge in [0.05, 0.1) is 6.10 Å². The third-order valence-electron chi connectivity index (χ3n) is 3.70. The molecule has 2 saturated heterocycles. The zero-order valence-corrected chi connectivity index (χ0v) is 11.4. The number of carbonyl (C=O) groups excluding carboxylic acids is 2. The van der Waals surface area contributed by atoms with Crippen molar-refractivity contribution < 1.29 is 19.1 Å². The van der Waals surface area contributed by atoms with Crippen molar-refractivity contribution in [1.29, 1.82) is 0 Å². The number of likely N-dealkylation sites (tertiary alicyclic amines) is 1. The van der Waals surface area contributed by atoms with E-state index in [0.717, 1.165) is 45.1 Å². The third kappa shape index (κ3) is 4.82. The first-order chi connectivity index (χ1) is 9.25. The van der Waals surface area contributed by atoms with E-state index in [9.17, 15) is 9.59 Å². The smallest absolute Gasteiger partial charge is 0.325 e. The third-order valence-corrected chi connectivity index (χ3v) is 3.70. The molecule has 108 valence electrons. The van der Waals surface area contributed by atoms with E-state index in [0.29, 0.717) is 19.6 Å². The van der Waals surface area contributed by atoms with Crippen molar-refractivity contribution in [3.8, 4) is 0 Å². The SMILES string of the molecule is O=C(CN1CCCCCC1=O)OCC1CCCCO1. The standard InChI is InChI=1S/C14H23NO4/c16-13-7-2-1-4-8-15(13)10-14(17)19-11-12-6-3-5-9-18-12/h12H,1-11H2. The summed E-state index contributed by atoms with van der Waals surface area (Å²) < 4.78 is 10.7. The topological polar surface area (TPSA) is 55.8 Å². The van der Waals surface area contributed by atoms with Crippen LogP contribution in [0.15, 0.2) is 0 Å². The number of nitrogens with zero attached hydrogens (tertiary/aromatic N) is 1. The first kappa shape index (κ1) is 14.3. The molecule has 0 aliphatic carbocycles. The van der Waals surface area contributed by atoms with E-state index in [4.69, 9.17) is 9.47 Å². The van der Waals surface area contributed by atoms with Crippen LogP contribution in [0.4, 0.5) is 0 Å². The molecule has 0 spiro atoms. The van der Waals surface area contributed by atoms with Crippen LogP contribution in [0.5, 0.6) is 0 Å². The van der Waals surface area contributed by atoms with Crippen LogP contribution in [0.25, 0.3) is 0 Å². The maximum Gasteiger partial charge on any atom is 0.325 e. The number of hydrogen-bond acceptors (Lipinski definition) is 4. The van der Waals surface area contributed by atoms with Crippen molar-refractivity contribution in [2.24, 2.45) is 0 Å². The molecule has 5 heteroatoms. The van der Waals surface area contributed by atoms with Crippen LogP contribution in [-0.4, -0.2) is 49.2 Å². The minimum absolute atomic E-state index is 0.0394. The van der Waals surface area contributed by atoms with E-state index in [-0.39, 0.29) is 24.5 Å². The molecule has 0 bridgehead atoms. The van der Waals surface area contributed by atoms with E-state index >= 15 is 0 Å². The molecule has 0 saturated carbocycles. The minimum atomic E-state index is -0.315. The molecule has 1 atom stereocenters. The molecule has 0 N–H and O–H groups in total. The number of carbonyl (C=O) groups is 2. The van der Waals surface area contributed by atoms with Crippen LogP contribution in [0.3, 0.4) is 0 Å². The van der Waals surface area contributed by atoms with Gasteiger partial charge < -0.3 is 14.4 Å². The average molecular weight is 269 g/mol. The number of esters is 1. The fourth-order valence-electron chi connectivity index (χ4n) is 2.53. The van der Waals surface area contributed by atoms with Gasteiger partial charge in [-0.3, -0.25) is 9.59 Å². The lowest BCUT2D eigenvalue weighted by molar-refractivity contribution is -0.153. The highest BCUT2D eigenvalue weighted by molar-refractivity contribution is 5.82. The fraction of sp³-hybridized carbons (Fsp3) is 0.857. The Morgan fingerprint density at radius 3 is 2.95 bits per heavy atom. The summed E-state index contributed by atoms with van der Waals surface area (Å²) in [5.74, 6) is -0.243. The monoisotopic (exact) mass is 269 g/mol. The molecule has 0 radical (unpaired) electrons. The zero-order valence-electron chi connectivity index (χ0n) is 11.4. The van der Waals surface area contributed by atoms with Crippen molar-refractivity contribution >= 4 is 11.9 Å². The zero-order chi connectivity index (χ0) is 13.5. The molecule has 0 aromatic rings. The summed E-state index contributed by atoms with van der Waals surface area (Å²) in [6.07, 6.45) is 6.74. The van der Waals surface area contributed by atoms with Crippen LogP contribution in [-0.2, 0) is 19.1 Å². The lowest BCUT2D eigenvalue weighted by Crippen LogP contribution is -2.37. The maximum absolute atomic E-state index is 11.7. The summed E-state index contributed by atoms with van der Waals surface area (Å²) in [7, 11) is 0. The quantitative estimate of drug-likeness (QED) is 0.726. The predicted molar refractivity (Wildman–Crippen MR) is 69.6 cm³/mol. The molecule has 2 heterocycles. The van der Waals surface area contributed by atoms with Crippen molar-refractivity contribution in [3.63, 3.8) is 0 Å². The van der Waals surface area contributed by atoms with Gasteiger partial charge in [-0.2, -0.15) is 0 Å². The second-order valence-corrected chi connectivity index (χ2v) is 5.30. The van der Waals surface area contributed by atoms with Crippen LogP contribution >= 0.6 is 0 Å². The van der Waals surface area contributed by atoms with Crippen molar-refractivity contribution in [3.05, 3.63) is 0 Å². The summed E-state index contributed by atoms with van der Waals surface area (Å²) >= 11 is 0. The number of ether oxygens (including phenoxy) is 2. The minimum Gasteiger partial charge on any atom is -0.462 e. The van der Waals surface area contributed by atoms with E-state index in [1.807, 2.05) is 0 Å². The molecular weight excluding hydrogens is 246 g/mol. The molecule has 2 aliphatic rings. The van der Waals surface area contributed by atoms with E-state index < -0.39 is 0 Å². The van der Waals surface area contributed by atoms with Gasteiger partial charge in [-0.1, -0.05) is 6.42 Å². The summed E-state index contributed by atoms with van der Waals surface area (Å²) in [4.78, 5) is 25.1. The highest BCUT2D eigenvalue weighted by atomic mass is 16.6. The van der Waals surface area contributed by atoms with Gasteiger partial charge >= 0.3 is 5.97 Å². The Morgan fingerprint density at radius 2 is 2.16 bits per heavy atom. The fourth-order valence-corrected chi connectivity index (χ4v) is 2.53. The van der Waals surface area contributed by atoms with Gasteiger partial charge in [0.1, 0.15) is 13.2 Å². The molecule has 5 nitrogen and oxygen atoms in total. The number of rotatable bonds is 4. The molecule has 2 rings (SSSR count). The van der Waals surface area contributed by atoms with Gasteiger partial charge in [0, 0.05) is 19.6 Å². The highest BCUT2D eigenvalue weighted by Gasteiger charge is 2.21. The van der Waals surface area contributed by atoms with Crippen LogP contribution in [0.2, 0.25) is 0 Å². The number of hydrogen-bond donors (Lipinski definition) is 0. The number of amides is 1. The summed E-state index contributed by atoms with van der Waals surface area (Å²) in [6.45, 7) is 1.84. The Bertz CT molecular complexity index is 313. The molecular formula is C14H23NO4. The lowest BCUT2D eigenvalue weighted by atomic mass is 10.1. The molecule has 19 heavy (non-hydrogen) atoms. The van der Waals surface area contributed by atoms with Gasteiger partial charge in [0.2, 0.25) is 5.91 Å². The van der Waals surface area contributed by atoms with Gasteiger partial charge in [-0.15, -0.1) is 0 Å². The first-order valence-electron chi connectivity index (χ1n) is 7.31. The summed E-state index contributed by atoms with van der Waals surface area (Å²) in [5.41, 5.74) is 0. The van der Waals surface area contributed by atoms with E-state index in [1.54, 1.807) is 4.90 Å². The molecule has 1 amide bonds. The summed E-state index contributed by atoms with van der Waals surface area (Å²) in [6, 6.07) is 0. The Kier molecular flexibility index (Phi) is 5.63.